The number of alkyl halides is 3. The summed E-state index contributed by atoms with van der Waals surface area (Å²) in [5, 5.41) is 14.3. The highest BCUT2D eigenvalue weighted by molar-refractivity contribution is 7.92. The van der Waals surface area contributed by atoms with Gasteiger partial charge >= 0.3 is 6.18 Å². The molecule has 0 bridgehead atoms. The molecule has 12 heteroatoms. The van der Waals surface area contributed by atoms with E-state index in [1.54, 1.807) is 0 Å². The van der Waals surface area contributed by atoms with Crippen LogP contribution in [0, 0.1) is 10.1 Å². The number of hydrogen-bond acceptors (Lipinski definition) is 5. The maximum Gasteiger partial charge on any atom is 0.407 e. The van der Waals surface area contributed by atoms with Crippen LogP contribution >= 0.6 is 0 Å². The van der Waals surface area contributed by atoms with Gasteiger partial charge in [-0.05, 0) is 12.1 Å². The number of nitro benzene ring substituents is 1. The van der Waals surface area contributed by atoms with E-state index < -0.39 is 32.6 Å². The van der Waals surface area contributed by atoms with E-state index in [1.807, 2.05) is 0 Å². The van der Waals surface area contributed by atoms with E-state index in [0.29, 0.717) is 0 Å². The number of sulfonamides is 1. The molecule has 0 aliphatic rings. The van der Waals surface area contributed by atoms with Gasteiger partial charge < -0.3 is 0 Å². The lowest BCUT2D eigenvalue weighted by molar-refractivity contribution is -0.384. The molecule has 1 heterocycles. The van der Waals surface area contributed by atoms with Crippen molar-refractivity contribution in [1.82, 2.24) is 9.78 Å². The molecule has 2 rings (SSSR count). The lowest BCUT2D eigenvalue weighted by Crippen LogP contribution is -2.38. The van der Waals surface area contributed by atoms with Crippen molar-refractivity contribution in [2.24, 2.45) is 7.05 Å². The molecule has 0 saturated carbocycles. The Balaban J connectivity index is 2.48. The maximum atomic E-state index is 12.8. The van der Waals surface area contributed by atoms with Crippen molar-refractivity contribution in [1.29, 1.82) is 0 Å². The fourth-order valence-electron chi connectivity index (χ4n) is 1.88. The van der Waals surface area contributed by atoms with Gasteiger partial charge in [0.15, 0.2) is 0 Å². The highest BCUT2D eigenvalue weighted by atomic mass is 32.2. The molecular weight excluding hydrogens is 353 g/mol. The molecule has 0 fully saturated rings. The molecule has 130 valence electrons. The summed E-state index contributed by atoms with van der Waals surface area (Å²) < 4.78 is 64.7. The van der Waals surface area contributed by atoms with Gasteiger partial charge in [-0.2, -0.15) is 18.3 Å². The predicted octanol–water partition coefficient (Wildman–Crippen LogP) is 2.09. The van der Waals surface area contributed by atoms with Crippen molar-refractivity contribution in [3.63, 3.8) is 0 Å². The Labute approximate surface area is 134 Å². The Kier molecular flexibility index (Phi) is 4.51. The minimum atomic E-state index is -4.79. The van der Waals surface area contributed by atoms with Crippen LogP contribution in [0.5, 0.6) is 0 Å². The van der Waals surface area contributed by atoms with Crippen LogP contribution in [0.2, 0.25) is 0 Å². The average molecular weight is 364 g/mol. The fraction of sp³-hybridized carbons (Fsp3) is 0.250. The number of nitro groups is 1. The molecule has 0 radical (unpaired) electrons. The van der Waals surface area contributed by atoms with E-state index in [9.17, 15) is 31.7 Å². The van der Waals surface area contributed by atoms with E-state index >= 15 is 0 Å². The zero-order valence-electron chi connectivity index (χ0n) is 12.1. The molecule has 0 atom stereocenters. The number of aromatic nitrogens is 2. The van der Waals surface area contributed by atoms with Crippen molar-refractivity contribution in [2.75, 3.05) is 10.8 Å². The fourth-order valence-corrected chi connectivity index (χ4v) is 3.30. The zero-order valence-corrected chi connectivity index (χ0v) is 13.0. The smallest absolute Gasteiger partial charge is 0.274 e. The Morgan fingerprint density at radius 2 is 1.88 bits per heavy atom. The number of nitrogens with zero attached hydrogens (tertiary/aromatic N) is 4. The van der Waals surface area contributed by atoms with Crippen molar-refractivity contribution < 1.29 is 26.5 Å². The summed E-state index contributed by atoms with van der Waals surface area (Å²) in [6.45, 7) is -1.75. The van der Waals surface area contributed by atoms with Crippen molar-refractivity contribution in [2.45, 2.75) is 11.1 Å². The summed E-state index contributed by atoms with van der Waals surface area (Å²) in [7, 11) is -3.15. The summed E-state index contributed by atoms with van der Waals surface area (Å²) in [4.78, 5) is 9.35. The Bertz CT molecular complexity index is 846. The average Bonchev–Trinajstić information content (AvgIpc) is 2.90. The van der Waals surface area contributed by atoms with Crippen LogP contribution in [-0.4, -0.2) is 35.8 Å². The van der Waals surface area contributed by atoms with Crippen LogP contribution in [0.1, 0.15) is 0 Å². The number of anilines is 1. The Morgan fingerprint density at radius 1 is 1.29 bits per heavy atom. The number of non-ortho nitro benzene ring substituents is 1. The third kappa shape index (κ3) is 3.82. The van der Waals surface area contributed by atoms with Gasteiger partial charge in [-0.1, -0.05) is 0 Å². The number of rotatable bonds is 5. The lowest BCUT2D eigenvalue weighted by Gasteiger charge is -2.23. The molecular formula is C12H11F3N4O4S. The molecule has 0 amide bonds. The second-order valence-corrected chi connectivity index (χ2v) is 6.61. The van der Waals surface area contributed by atoms with Crippen LogP contribution < -0.4 is 4.31 Å². The Morgan fingerprint density at radius 3 is 2.29 bits per heavy atom. The number of benzene rings is 1. The number of hydrogen-bond donors (Lipinski definition) is 0. The highest BCUT2D eigenvalue weighted by Gasteiger charge is 2.38. The highest BCUT2D eigenvalue weighted by Crippen LogP contribution is 2.28. The second kappa shape index (κ2) is 6.11. The summed E-state index contributed by atoms with van der Waals surface area (Å²) >= 11 is 0. The molecule has 2 aromatic rings. The number of halogens is 3. The first kappa shape index (κ1) is 17.7. The van der Waals surface area contributed by atoms with E-state index in [4.69, 9.17) is 0 Å². The molecule has 0 aliphatic carbocycles. The zero-order chi connectivity index (χ0) is 18.1. The SMILES string of the molecule is Cn1cc(N(CC(F)(F)F)S(=O)(=O)c2ccc([N+](=O)[O-])cc2)cn1. The first-order valence-electron chi connectivity index (χ1n) is 6.33. The van der Waals surface area contributed by atoms with Crippen LogP contribution in [0.25, 0.3) is 0 Å². The normalized spacial score (nSPS) is 12.2. The lowest BCUT2D eigenvalue weighted by atomic mass is 10.3. The topological polar surface area (TPSA) is 98.3 Å². The van der Waals surface area contributed by atoms with E-state index in [0.717, 1.165) is 41.3 Å². The summed E-state index contributed by atoms with van der Waals surface area (Å²) in [5.74, 6) is 0. The van der Waals surface area contributed by atoms with Crippen LogP contribution in [0.3, 0.4) is 0 Å². The summed E-state index contributed by atoms with van der Waals surface area (Å²) in [5.41, 5.74) is -0.647. The number of aryl methyl sites for hydroxylation is 1. The van der Waals surface area contributed by atoms with E-state index in [-0.39, 0.29) is 15.7 Å². The minimum Gasteiger partial charge on any atom is -0.274 e. The van der Waals surface area contributed by atoms with Crippen molar-refractivity contribution in [3.8, 4) is 0 Å². The summed E-state index contributed by atoms with van der Waals surface area (Å²) in [6.07, 6.45) is -2.69. The first-order chi connectivity index (χ1) is 11.0. The van der Waals surface area contributed by atoms with Gasteiger partial charge in [0.1, 0.15) is 6.54 Å². The van der Waals surface area contributed by atoms with Gasteiger partial charge in [-0.15, -0.1) is 0 Å². The molecule has 0 spiro atoms. The van der Waals surface area contributed by atoms with Crippen molar-refractivity contribution in [3.05, 3.63) is 46.8 Å². The van der Waals surface area contributed by atoms with Crippen LogP contribution in [0.15, 0.2) is 41.6 Å². The summed E-state index contributed by atoms with van der Waals surface area (Å²) in [6, 6.07) is 3.57. The molecule has 8 nitrogen and oxygen atoms in total. The van der Waals surface area contributed by atoms with Gasteiger partial charge in [0.25, 0.3) is 15.7 Å². The monoisotopic (exact) mass is 364 g/mol. The van der Waals surface area contributed by atoms with E-state index in [1.165, 1.54) is 7.05 Å². The molecule has 0 unspecified atom stereocenters. The van der Waals surface area contributed by atoms with Gasteiger partial charge in [-0.3, -0.25) is 19.1 Å². The Hall–Kier alpha value is -2.63. The van der Waals surface area contributed by atoms with Gasteiger partial charge in [-0.25, -0.2) is 8.42 Å². The molecule has 24 heavy (non-hydrogen) atoms. The largest absolute Gasteiger partial charge is 0.407 e. The third-order valence-corrected chi connectivity index (χ3v) is 4.73. The third-order valence-electron chi connectivity index (χ3n) is 2.94. The maximum absolute atomic E-state index is 12.8. The molecule has 0 N–H and O–H groups in total. The van der Waals surface area contributed by atoms with Gasteiger partial charge in [0.05, 0.1) is 21.7 Å². The van der Waals surface area contributed by atoms with Crippen LogP contribution in [0.4, 0.5) is 24.5 Å². The quantitative estimate of drug-likeness (QED) is 0.598. The second-order valence-electron chi connectivity index (χ2n) is 4.75. The van der Waals surface area contributed by atoms with Crippen molar-refractivity contribution >= 4 is 21.4 Å². The van der Waals surface area contributed by atoms with Gasteiger partial charge in [0, 0.05) is 25.4 Å². The van der Waals surface area contributed by atoms with Gasteiger partial charge in [0.2, 0.25) is 0 Å². The minimum absolute atomic E-state index is 0.154. The first-order valence-corrected chi connectivity index (χ1v) is 7.77. The van der Waals surface area contributed by atoms with E-state index in [2.05, 4.69) is 5.10 Å². The molecule has 0 saturated heterocycles. The molecule has 0 aliphatic heterocycles. The predicted molar refractivity (Wildman–Crippen MR) is 76.9 cm³/mol. The van der Waals surface area contributed by atoms with Crippen LogP contribution in [-0.2, 0) is 17.1 Å². The standard InChI is InChI=1S/C12H11F3N4O4S/c1-17-7-10(6-16-17)18(8-12(13,14)15)24(22,23)11-4-2-9(3-5-11)19(20)21/h2-7H,8H2,1H3. The molecule has 1 aromatic heterocycles. The molecule has 1 aromatic carbocycles.